The Bertz CT molecular complexity index is 663. The summed E-state index contributed by atoms with van der Waals surface area (Å²) in [7, 11) is 0. The molecule has 1 N–H and O–H groups in total. The van der Waals surface area contributed by atoms with Crippen molar-refractivity contribution in [3.05, 3.63) is 45.8 Å². The first-order chi connectivity index (χ1) is 9.99. The molecule has 8 heteroatoms. The van der Waals surface area contributed by atoms with Crippen LogP contribution >= 0.6 is 0 Å². The quantitative estimate of drug-likeness (QED) is 0.666. The number of aromatic nitrogens is 3. The molecule has 0 unspecified atom stereocenters. The van der Waals surface area contributed by atoms with Gasteiger partial charge in [-0.15, -0.1) is 0 Å². The predicted octanol–water partition coefficient (Wildman–Crippen LogP) is 1.70. The smallest absolute Gasteiger partial charge is 0.390 e. The standard InChI is InChI=1S/C13H15N5O3/c1-3-10-4-6-11(7-5-10)15-12(19)8-17-9(2)14-13(16-17)18(20)21/h4-7H,3,8H2,1-2H3,(H,15,19). The molecule has 0 saturated carbocycles. The van der Waals surface area contributed by atoms with Crippen molar-refractivity contribution in [2.45, 2.75) is 26.8 Å². The topological polar surface area (TPSA) is 103 Å². The fourth-order valence-corrected chi connectivity index (χ4v) is 1.79. The lowest BCUT2D eigenvalue weighted by atomic mass is 10.1. The molecule has 0 aliphatic carbocycles. The third-order valence-corrected chi connectivity index (χ3v) is 2.95. The Balaban J connectivity index is 2.02. The molecule has 0 aliphatic rings. The van der Waals surface area contributed by atoms with Gasteiger partial charge in [-0.05, 0) is 34.0 Å². The fourth-order valence-electron chi connectivity index (χ4n) is 1.79. The Hall–Kier alpha value is -2.77. The first kappa shape index (κ1) is 14.6. The molecular weight excluding hydrogens is 274 g/mol. The number of anilines is 1. The number of nitrogens with one attached hydrogen (secondary N) is 1. The van der Waals surface area contributed by atoms with Crippen LogP contribution in [0, 0.1) is 17.0 Å². The molecule has 2 rings (SSSR count). The Labute approximate surface area is 121 Å². The summed E-state index contributed by atoms with van der Waals surface area (Å²) in [6.07, 6.45) is 0.927. The van der Waals surface area contributed by atoms with Crippen LogP contribution in [0.5, 0.6) is 0 Å². The summed E-state index contributed by atoms with van der Waals surface area (Å²) in [4.78, 5) is 25.4. The zero-order valence-corrected chi connectivity index (χ0v) is 11.7. The predicted molar refractivity (Wildman–Crippen MR) is 75.9 cm³/mol. The van der Waals surface area contributed by atoms with Crippen LogP contribution in [-0.4, -0.2) is 25.6 Å². The van der Waals surface area contributed by atoms with Gasteiger partial charge in [0.15, 0.2) is 0 Å². The molecule has 2 aromatic rings. The van der Waals surface area contributed by atoms with Crippen molar-refractivity contribution in [2.75, 3.05) is 5.32 Å². The normalized spacial score (nSPS) is 10.4. The van der Waals surface area contributed by atoms with Crippen molar-refractivity contribution in [3.63, 3.8) is 0 Å². The van der Waals surface area contributed by atoms with E-state index in [4.69, 9.17) is 0 Å². The van der Waals surface area contributed by atoms with Crippen molar-refractivity contribution in [3.8, 4) is 0 Å². The van der Waals surface area contributed by atoms with E-state index in [-0.39, 0.29) is 12.5 Å². The number of benzene rings is 1. The summed E-state index contributed by atoms with van der Waals surface area (Å²) in [5.41, 5.74) is 1.85. The van der Waals surface area contributed by atoms with E-state index < -0.39 is 10.9 Å². The highest BCUT2D eigenvalue weighted by molar-refractivity contribution is 5.90. The maximum atomic E-state index is 11.9. The second-order valence-corrected chi connectivity index (χ2v) is 4.47. The Kier molecular flexibility index (Phi) is 4.27. The van der Waals surface area contributed by atoms with E-state index in [2.05, 4.69) is 15.4 Å². The van der Waals surface area contributed by atoms with E-state index in [1.54, 1.807) is 6.92 Å². The summed E-state index contributed by atoms with van der Waals surface area (Å²) in [6.45, 7) is 3.49. The van der Waals surface area contributed by atoms with E-state index in [1.807, 2.05) is 31.2 Å². The Morgan fingerprint density at radius 2 is 2.05 bits per heavy atom. The van der Waals surface area contributed by atoms with Crippen LogP contribution in [-0.2, 0) is 17.8 Å². The highest BCUT2D eigenvalue weighted by atomic mass is 16.6. The molecule has 8 nitrogen and oxygen atoms in total. The molecule has 110 valence electrons. The van der Waals surface area contributed by atoms with Gasteiger partial charge < -0.3 is 15.4 Å². The molecule has 0 fully saturated rings. The largest absolute Gasteiger partial charge is 0.491 e. The zero-order valence-electron chi connectivity index (χ0n) is 11.7. The Morgan fingerprint density at radius 3 is 2.57 bits per heavy atom. The zero-order chi connectivity index (χ0) is 15.4. The van der Waals surface area contributed by atoms with E-state index in [0.717, 1.165) is 6.42 Å². The SMILES string of the molecule is CCc1ccc(NC(=O)Cn2nc([N+](=O)[O-])nc2C)cc1. The molecule has 0 atom stereocenters. The average molecular weight is 289 g/mol. The third-order valence-electron chi connectivity index (χ3n) is 2.95. The van der Waals surface area contributed by atoms with Gasteiger partial charge in [-0.3, -0.25) is 4.79 Å². The van der Waals surface area contributed by atoms with Gasteiger partial charge in [0, 0.05) is 17.7 Å². The van der Waals surface area contributed by atoms with Crippen LogP contribution in [0.25, 0.3) is 0 Å². The van der Waals surface area contributed by atoms with Gasteiger partial charge in [0.05, 0.1) is 0 Å². The van der Waals surface area contributed by atoms with Crippen LogP contribution < -0.4 is 5.32 Å². The van der Waals surface area contributed by atoms with E-state index in [1.165, 1.54) is 10.2 Å². The number of carbonyl (C=O) groups is 1. The van der Waals surface area contributed by atoms with Gasteiger partial charge in [-0.1, -0.05) is 19.1 Å². The lowest BCUT2D eigenvalue weighted by Gasteiger charge is -2.05. The molecule has 21 heavy (non-hydrogen) atoms. The highest BCUT2D eigenvalue weighted by Crippen LogP contribution is 2.10. The van der Waals surface area contributed by atoms with Crippen LogP contribution in [0.3, 0.4) is 0 Å². The number of nitrogens with zero attached hydrogens (tertiary/aromatic N) is 4. The maximum absolute atomic E-state index is 11.9. The van der Waals surface area contributed by atoms with Crippen LogP contribution in [0.4, 0.5) is 11.6 Å². The molecule has 0 bridgehead atoms. The highest BCUT2D eigenvalue weighted by Gasteiger charge is 2.19. The summed E-state index contributed by atoms with van der Waals surface area (Å²) in [5, 5.41) is 16.9. The Morgan fingerprint density at radius 1 is 1.38 bits per heavy atom. The first-order valence-electron chi connectivity index (χ1n) is 6.44. The maximum Gasteiger partial charge on any atom is 0.491 e. The van der Waals surface area contributed by atoms with Gasteiger partial charge in [-0.25, -0.2) is 0 Å². The van der Waals surface area contributed by atoms with Crippen molar-refractivity contribution >= 4 is 17.5 Å². The van der Waals surface area contributed by atoms with Crippen molar-refractivity contribution in [1.82, 2.24) is 14.8 Å². The number of rotatable bonds is 5. The van der Waals surface area contributed by atoms with Gasteiger partial charge in [0.1, 0.15) is 6.54 Å². The number of aryl methyl sites for hydroxylation is 2. The van der Waals surface area contributed by atoms with E-state index in [0.29, 0.717) is 11.5 Å². The third kappa shape index (κ3) is 3.62. The molecular formula is C13H15N5O3. The van der Waals surface area contributed by atoms with Crippen LogP contribution in [0.1, 0.15) is 18.3 Å². The number of amides is 1. The number of nitro groups is 1. The minimum Gasteiger partial charge on any atom is -0.390 e. The van der Waals surface area contributed by atoms with Crippen molar-refractivity contribution in [1.29, 1.82) is 0 Å². The minimum atomic E-state index is -0.690. The van der Waals surface area contributed by atoms with Gasteiger partial charge in [0.2, 0.25) is 11.7 Å². The fraction of sp³-hybridized carbons (Fsp3) is 0.308. The summed E-state index contributed by atoms with van der Waals surface area (Å²) >= 11 is 0. The molecule has 0 spiro atoms. The molecule has 1 amide bonds. The van der Waals surface area contributed by atoms with Crippen LogP contribution in [0.15, 0.2) is 24.3 Å². The number of hydrogen-bond acceptors (Lipinski definition) is 5. The lowest BCUT2D eigenvalue weighted by Crippen LogP contribution is -2.20. The molecule has 1 heterocycles. The molecule has 0 aliphatic heterocycles. The van der Waals surface area contributed by atoms with E-state index in [9.17, 15) is 14.9 Å². The second kappa shape index (κ2) is 6.12. The van der Waals surface area contributed by atoms with Crippen molar-refractivity contribution in [2.24, 2.45) is 0 Å². The average Bonchev–Trinajstić information content (AvgIpc) is 2.81. The van der Waals surface area contributed by atoms with Crippen LogP contribution in [0.2, 0.25) is 0 Å². The number of carbonyl (C=O) groups excluding carboxylic acids is 1. The lowest BCUT2D eigenvalue weighted by molar-refractivity contribution is -0.394. The number of hydrogen-bond donors (Lipinski definition) is 1. The van der Waals surface area contributed by atoms with Gasteiger partial charge >= 0.3 is 5.95 Å². The molecule has 1 aromatic heterocycles. The molecule has 0 saturated heterocycles. The van der Waals surface area contributed by atoms with Gasteiger partial charge in [0.25, 0.3) is 0 Å². The molecule has 1 aromatic carbocycles. The first-order valence-corrected chi connectivity index (χ1v) is 6.44. The van der Waals surface area contributed by atoms with E-state index >= 15 is 0 Å². The summed E-state index contributed by atoms with van der Waals surface area (Å²) in [5.74, 6) is -0.507. The minimum absolute atomic E-state index is 0.123. The summed E-state index contributed by atoms with van der Waals surface area (Å²) in [6, 6.07) is 7.49. The summed E-state index contributed by atoms with van der Waals surface area (Å²) < 4.78 is 1.20. The monoisotopic (exact) mass is 289 g/mol. The molecule has 0 radical (unpaired) electrons. The van der Waals surface area contributed by atoms with Crippen molar-refractivity contribution < 1.29 is 9.72 Å². The second-order valence-electron chi connectivity index (χ2n) is 4.47. The van der Waals surface area contributed by atoms with Gasteiger partial charge in [-0.2, -0.15) is 4.68 Å².